The highest BCUT2D eigenvalue weighted by molar-refractivity contribution is 5.71. The van der Waals surface area contributed by atoms with Gasteiger partial charge in [-0.2, -0.15) is 0 Å². The zero-order chi connectivity index (χ0) is 17.9. The lowest BCUT2D eigenvalue weighted by Crippen LogP contribution is -2.28. The summed E-state index contributed by atoms with van der Waals surface area (Å²) in [6, 6.07) is 9.95. The van der Waals surface area contributed by atoms with E-state index in [4.69, 9.17) is 14.6 Å². The summed E-state index contributed by atoms with van der Waals surface area (Å²) >= 11 is 0. The number of hydrogen-bond donors (Lipinski definition) is 2. The summed E-state index contributed by atoms with van der Waals surface area (Å²) in [6.45, 7) is 1.50. The Kier molecular flexibility index (Phi) is 4.65. The third-order valence-electron chi connectivity index (χ3n) is 5.04. The average Bonchev–Trinajstić information content (AvgIpc) is 2.68. The largest absolute Gasteiger partial charge is 0.490 e. The summed E-state index contributed by atoms with van der Waals surface area (Å²) in [7, 11) is 0. The third kappa shape index (κ3) is 3.59. The molecule has 1 aromatic carbocycles. The molecule has 26 heavy (non-hydrogen) atoms. The smallest absolute Gasteiger partial charge is 0.306 e. The summed E-state index contributed by atoms with van der Waals surface area (Å²) in [5.74, 6) is 0.522. The lowest BCUT2D eigenvalue weighted by molar-refractivity contribution is -0.143. The van der Waals surface area contributed by atoms with Gasteiger partial charge in [0, 0.05) is 24.4 Å². The minimum Gasteiger partial charge on any atom is -0.490 e. The topological polar surface area (TPSA) is 80.7 Å². The van der Waals surface area contributed by atoms with Crippen molar-refractivity contribution in [1.29, 1.82) is 0 Å². The van der Waals surface area contributed by atoms with Crippen LogP contribution >= 0.6 is 0 Å². The number of fused-ring (bicyclic) bond motifs is 1. The van der Waals surface area contributed by atoms with Gasteiger partial charge >= 0.3 is 5.97 Å². The number of pyridine rings is 1. The van der Waals surface area contributed by atoms with Crippen LogP contribution in [0, 0.1) is 5.92 Å². The van der Waals surface area contributed by atoms with E-state index in [1.165, 1.54) is 0 Å². The molecule has 0 atom stereocenters. The summed E-state index contributed by atoms with van der Waals surface area (Å²) in [4.78, 5) is 15.4. The highest BCUT2D eigenvalue weighted by Gasteiger charge is 2.27. The number of carboxylic acids is 1. The van der Waals surface area contributed by atoms with Gasteiger partial charge in [0.1, 0.15) is 18.5 Å². The number of benzene rings is 1. The molecular weight excluding hydrogens is 332 g/mol. The molecule has 4 rings (SSSR count). The van der Waals surface area contributed by atoms with Crippen LogP contribution in [-0.2, 0) is 4.79 Å². The Labute approximate surface area is 152 Å². The number of anilines is 1. The van der Waals surface area contributed by atoms with Crippen molar-refractivity contribution >= 4 is 11.7 Å². The van der Waals surface area contributed by atoms with E-state index in [9.17, 15) is 4.79 Å². The number of carbonyl (C=O) groups is 1. The molecule has 136 valence electrons. The van der Waals surface area contributed by atoms with E-state index in [0.29, 0.717) is 25.3 Å². The summed E-state index contributed by atoms with van der Waals surface area (Å²) in [5.41, 5.74) is 3.07. The number of rotatable bonds is 4. The van der Waals surface area contributed by atoms with Crippen LogP contribution in [0.4, 0.5) is 5.69 Å². The Hall–Kier alpha value is -2.76. The summed E-state index contributed by atoms with van der Waals surface area (Å²) in [6.07, 6.45) is 4.70. The van der Waals surface area contributed by atoms with E-state index in [1.807, 2.05) is 30.3 Å². The minimum absolute atomic E-state index is 0.0483. The Balaban J connectivity index is 1.40. The number of ether oxygens (including phenoxy) is 2. The molecule has 0 unspecified atom stereocenters. The molecule has 6 heteroatoms. The van der Waals surface area contributed by atoms with E-state index in [-0.39, 0.29) is 12.0 Å². The molecule has 0 amide bonds. The highest BCUT2D eigenvalue weighted by atomic mass is 16.5. The van der Waals surface area contributed by atoms with E-state index in [0.717, 1.165) is 42.0 Å². The van der Waals surface area contributed by atoms with Crippen molar-refractivity contribution in [3.63, 3.8) is 0 Å². The second-order valence-corrected chi connectivity index (χ2v) is 6.80. The number of hydrogen-bond acceptors (Lipinski definition) is 5. The van der Waals surface area contributed by atoms with Crippen LogP contribution in [0.15, 0.2) is 36.5 Å². The number of carboxylic acid groups (broad SMARTS) is 1. The van der Waals surface area contributed by atoms with Crippen LogP contribution in [0.3, 0.4) is 0 Å². The van der Waals surface area contributed by atoms with Crippen LogP contribution in [0.1, 0.15) is 25.7 Å². The fourth-order valence-electron chi connectivity index (χ4n) is 3.53. The van der Waals surface area contributed by atoms with Gasteiger partial charge in [-0.25, -0.2) is 4.98 Å². The van der Waals surface area contributed by atoms with Crippen LogP contribution in [0.5, 0.6) is 11.6 Å². The molecule has 1 aromatic heterocycles. The molecule has 1 aliphatic heterocycles. The Morgan fingerprint density at radius 3 is 2.69 bits per heavy atom. The Bertz CT molecular complexity index is 783. The van der Waals surface area contributed by atoms with Crippen molar-refractivity contribution in [2.75, 3.05) is 18.5 Å². The number of aliphatic carboxylic acids is 1. The van der Waals surface area contributed by atoms with Crippen molar-refractivity contribution in [3.05, 3.63) is 36.5 Å². The van der Waals surface area contributed by atoms with Gasteiger partial charge in [-0.15, -0.1) is 0 Å². The van der Waals surface area contributed by atoms with E-state index in [2.05, 4.69) is 10.3 Å². The molecule has 1 saturated carbocycles. The first-order valence-electron chi connectivity index (χ1n) is 9.05. The summed E-state index contributed by atoms with van der Waals surface area (Å²) < 4.78 is 11.6. The maximum absolute atomic E-state index is 11.0. The van der Waals surface area contributed by atoms with Crippen LogP contribution in [-0.4, -0.2) is 35.3 Å². The zero-order valence-electron chi connectivity index (χ0n) is 14.5. The van der Waals surface area contributed by atoms with Gasteiger partial charge in [-0.05, 0) is 49.4 Å². The predicted octanol–water partition coefficient (Wildman–Crippen LogP) is 3.58. The first-order chi connectivity index (χ1) is 12.7. The van der Waals surface area contributed by atoms with Crippen LogP contribution < -0.4 is 14.8 Å². The predicted molar refractivity (Wildman–Crippen MR) is 97.7 cm³/mol. The molecule has 0 bridgehead atoms. The number of nitrogens with one attached hydrogen (secondary N) is 1. The quantitative estimate of drug-likeness (QED) is 0.874. The number of aromatic nitrogens is 1. The second-order valence-electron chi connectivity index (χ2n) is 6.80. The Morgan fingerprint density at radius 1 is 1.15 bits per heavy atom. The van der Waals surface area contributed by atoms with Crippen molar-refractivity contribution in [2.24, 2.45) is 5.92 Å². The number of nitrogens with zero attached hydrogens (tertiary/aromatic N) is 1. The molecule has 1 aliphatic carbocycles. The fraction of sp³-hybridized carbons (Fsp3) is 0.400. The maximum Gasteiger partial charge on any atom is 0.306 e. The van der Waals surface area contributed by atoms with Crippen molar-refractivity contribution in [1.82, 2.24) is 4.98 Å². The molecule has 2 heterocycles. The van der Waals surface area contributed by atoms with Crippen molar-refractivity contribution in [2.45, 2.75) is 31.8 Å². The van der Waals surface area contributed by atoms with Crippen molar-refractivity contribution in [3.8, 4) is 22.8 Å². The lowest BCUT2D eigenvalue weighted by Gasteiger charge is -2.26. The monoisotopic (exact) mass is 354 g/mol. The van der Waals surface area contributed by atoms with Crippen LogP contribution in [0.2, 0.25) is 0 Å². The van der Waals surface area contributed by atoms with Gasteiger partial charge in [-0.3, -0.25) is 4.79 Å². The lowest BCUT2D eigenvalue weighted by atomic mass is 9.87. The normalized spacial score (nSPS) is 21.8. The van der Waals surface area contributed by atoms with E-state index >= 15 is 0 Å². The van der Waals surface area contributed by atoms with Crippen LogP contribution in [0.25, 0.3) is 11.1 Å². The molecule has 2 N–H and O–H groups in total. The SMILES string of the molecule is O=C(O)C1CCC(Oc2ccc(-c3ccc4c(c3)OCCN4)cn2)CC1. The molecule has 2 aliphatic rings. The van der Waals surface area contributed by atoms with Gasteiger partial charge in [0.15, 0.2) is 0 Å². The molecule has 6 nitrogen and oxygen atoms in total. The first kappa shape index (κ1) is 16.7. The molecule has 0 spiro atoms. The standard InChI is InChI=1S/C20H22N2O4/c23-20(24)13-1-5-16(6-2-13)26-19-8-4-15(12-22-19)14-3-7-17-18(11-14)25-10-9-21-17/h3-4,7-8,11-13,16,21H,1-2,5-6,9-10H2,(H,23,24). The second kappa shape index (κ2) is 7.23. The Morgan fingerprint density at radius 2 is 1.96 bits per heavy atom. The average molecular weight is 354 g/mol. The van der Waals surface area contributed by atoms with Gasteiger partial charge in [0.25, 0.3) is 0 Å². The van der Waals surface area contributed by atoms with Gasteiger partial charge in [0.2, 0.25) is 5.88 Å². The van der Waals surface area contributed by atoms with Crippen molar-refractivity contribution < 1.29 is 19.4 Å². The zero-order valence-corrected chi connectivity index (χ0v) is 14.5. The van der Waals surface area contributed by atoms with E-state index < -0.39 is 5.97 Å². The fourth-order valence-corrected chi connectivity index (χ4v) is 3.53. The van der Waals surface area contributed by atoms with E-state index in [1.54, 1.807) is 6.20 Å². The molecule has 1 fully saturated rings. The van der Waals surface area contributed by atoms with Gasteiger partial charge in [-0.1, -0.05) is 6.07 Å². The molecule has 2 aromatic rings. The molecule has 0 radical (unpaired) electrons. The maximum atomic E-state index is 11.0. The first-order valence-corrected chi connectivity index (χ1v) is 9.05. The van der Waals surface area contributed by atoms with Gasteiger partial charge in [0.05, 0.1) is 11.6 Å². The molecule has 0 saturated heterocycles. The third-order valence-corrected chi connectivity index (χ3v) is 5.04. The molecular formula is C20H22N2O4. The summed E-state index contributed by atoms with van der Waals surface area (Å²) in [5, 5.41) is 12.4. The minimum atomic E-state index is -0.699. The van der Waals surface area contributed by atoms with Gasteiger partial charge < -0.3 is 19.9 Å². The highest BCUT2D eigenvalue weighted by Crippen LogP contribution is 2.33.